The fraction of sp³-hybridized carbons (Fsp3) is 0.480. The van der Waals surface area contributed by atoms with Gasteiger partial charge in [0.25, 0.3) is 5.91 Å². The molecule has 8 nitrogen and oxygen atoms in total. The van der Waals surface area contributed by atoms with Crippen molar-refractivity contribution in [1.29, 1.82) is 0 Å². The van der Waals surface area contributed by atoms with Crippen molar-refractivity contribution in [2.75, 3.05) is 37.7 Å². The molecule has 1 aromatic carbocycles. The van der Waals surface area contributed by atoms with E-state index >= 15 is 0 Å². The quantitative estimate of drug-likeness (QED) is 0.569. The number of fused-ring (bicyclic) bond motifs is 1. The molecule has 3 aromatic rings. The van der Waals surface area contributed by atoms with Crippen LogP contribution in [-0.4, -0.2) is 82.6 Å². The lowest BCUT2D eigenvalue weighted by Crippen LogP contribution is -2.52. The van der Waals surface area contributed by atoms with Crippen molar-refractivity contribution >= 4 is 26.8 Å². The van der Waals surface area contributed by atoms with Crippen LogP contribution in [-0.2, 0) is 9.84 Å². The molecule has 34 heavy (non-hydrogen) atoms. The average molecular weight is 482 g/mol. The van der Waals surface area contributed by atoms with Gasteiger partial charge in [0.15, 0.2) is 15.5 Å². The summed E-state index contributed by atoms with van der Waals surface area (Å²) in [6.45, 7) is 8.69. The maximum Gasteiger partial charge on any atom is 0.254 e. The van der Waals surface area contributed by atoms with Crippen molar-refractivity contribution in [2.45, 2.75) is 39.3 Å². The first-order valence-electron chi connectivity index (χ1n) is 11.9. The lowest BCUT2D eigenvalue weighted by Gasteiger charge is -2.37. The van der Waals surface area contributed by atoms with E-state index in [2.05, 4.69) is 23.8 Å². The summed E-state index contributed by atoms with van der Waals surface area (Å²) in [6.07, 6.45) is 2.43. The topological polar surface area (TPSA) is 88.4 Å². The van der Waals surface area contributed by atoms with Crippen LogP contribution < -0.4 is 0 Å². The van der Waals surface area contributed by atoms with Crippen LogP contribution in [0, 0.1) is 6.92 Å². The number of carbonyl (C=O) groups is 1. The molecule has 0 bridgehead atoms. The fourth-order valence-electron chi connectivity index (χ4n) is 4.97. The number of sulfone groups is 1. The van der Waals surface area contributed by atoms with Crippen LogP contribution >= 0.6 is 0 Å². The van der Waals surface area contributed by atoms with Gasteiger partial charge in [-0.25, -0.2) is 18.1 Å². The number of benzene rings is 1. The van der Waals surface area contributed by atoms with Gasteiger partial charge in [-0.3, -0.25) is 9.69 Å². The Morgan fingerprint density at radius 2 is 1.79 bits per heavy atom. The third kappa shape index (κ3) is 4.34. The Morgan fingerprint density at radius 1 is 1.09 bits per heavy atom. The normalized spacial score (nSPS) is 20.9. The van der Waals surface area contributed by atoms with Crippen molar-refractivity contribution in [3.05, 3.63) is 47.7 Å². The minimum atomic E-state index is -2.92. The van der Waals surface area contributed by atoms with E-state index in [1.165, 1.54) is 5.56 Å². The summed E-state index contributed by atoms with van der Waals surface area (Å²) in [6, 6.07) is 10.2. The van der Waals surface area contributed by atoms with Crippen LogP contribution in [0.5, 0.6) is 0 Å². The summed E-state index contributed by atoms with van der Waals surface area (Å²) in [4.78, 5) is 22.7. The maximum absolute atomic E-state index is 13.7. The van der Waals surface area contributed by atoms with Gasteiger partial charge in [-0.1, -0.05) is 29.8 Å². The minimum absolute atomic E-state index is 0.0252. The summed E-state index contributed by atoms with van der Waals surface area (Å²) in [5, 5.41) is 5.29. The molecule has 2 fully saturated rings. The van der Waals surface area contributed by atoms with Crippen molar-refractivity contribution in [2.24, 2.45) is 0 Å². The molecular weight excluding hydrogens is 450 g/mol. The van der Waals surface area contributed by atoms with Crippen molar-refractivity contribution in [3.8, 4) is 11.3 Å². The molecule has 1 atom stereocenters. The van der Waals surface area contributed by atoms with Crippen molar-refractivity contribution in [1.82, 2.24) is 24.6 Å². The number of pyridine rings is 1. The average Bonchev–Trinajstić information content (AvgIpc) is 3.41. The first kappa shape index (κ1) is 23.0. The summed E-state index contributed by atoms with van der Waals surface area (Å²) in [7, 11) is -2.92. The molecule has 0 spiro atoms. The van der Waals surface area contributed by atoms with Gasteiger partial charge >= 0.3 is 0 Å². The monoisotopic (exact) mass is 481 g/mol. The van der Waals surface area contributed by atoms with Crippen LogP contribution in [0.1, 0.15) is 42.2 Å². The summed E-state index contributed by atoms with van der Waals surface area (Å²) < 4.78 is 25.6. The van der Waals surface area contributed by atoms with Gasteiger partial charge < -0.3 is 4.90 Å². The Balaban J connectivity index is 1.44. The standard InChI is InChI=1S/C25H31N5O3S/c1-17(2)30-24-22(15-26-30)21(14-23(27-24)19-6-4-18(3)5-7-19)25(31)29-11-9-28(10-12-29)20-8-13-34(32,33)16-20/h4-7,14-15,17,20H,8-13,16H2,1-3H3. The van der Waals surface area contributed by atoms with E-state index in [-0.39, 0.29) is 29.5 Å². The lowest BCUT2D eigenvalue weighted by molar-refractivity contribution is 0.0589. The molecule has 2 aliphatic heterocycles. The highest BCUT2D eigenvalue weighted by Crippen LogP contribution is 2.28. The largest absolute Gasteiger partial charge is 0.336 e. The number of rotatable bonds is 4. The van der Waals surface area contributed by atoms with Gasteiger partial charge in [-0.2, -0.15) is 5.10 Å². The smallest absolute Gasteiger partial charge is 0.254 e. The Morgan fingerprint density at radius 3 is 2.41 bits per heavy atom. The molecule has 9 heteroatoms. The minimum Gasteiger partial charge on any atom is -0.336 e. The molecule has 0 aliphatic carbocycles. The third-order valence-electron chi connectivity index (χ3n) is 6.96. The number of carbonyl (C=O) groups excluding carboxylic acids is 1. The highest BCUT2D eigenvalue weighted by atomic mass is 32.2. The zero-order chi connectivity index (χ0) is 24.0. The molecule has 2 saturated heterocycles. The first-order valence-corrected chi connectivity index (χ1v) is 13.7. The van der Waals surface area contributed by atoms with E-state index in [0.717, 1.165) is 16.6 Å². The molecule has 2 aliphatic rings. The molecule has 0 N–H and O–H groups in total. The second-order valence-electron chi connectivity index (χ2n) is 9.73. The molecule has 1 unspecified atom stereocenters. The van der Waals surface area contributed by atoms with Gasteiger partial charge in [-0.05, 0) is 33.3 Å². The van der Waals surface area contributed by atoms with Gasteiger partial charge in [0.2, 0.25) is 0 Å². The van der Waals surface area contributed by atoms with E-state index in [1.807, 2.05) is 46.8 Å². The van der Waals surface area contributed by atoms with Gasteiger partial charge in [-0.15, -0.1) is 0 Å². The Labute approximate surface area is 200 Å². The maximum atomic E-state index is 13.7. The highest BCUT2D eigenvalue weighted by molar-refractivity contribution is 7.91. The molecule has 0 saturated carbocycles. The van der Waals surface area contributed by atoms with E-state index < -0.39 is 9.84 Å². The van der Waals surface area contributed by atoms with Crippen LogP contribution in [0.3, 0.4) is 0 Å². The molecular formula is C25H31N5O3S. The molecule has 0 radical (unpaired) electrons. The second-order valence-corrected chi connectivity index (χ2v) is 12.0. The summed E-state index contributed by atoms with van der Waals surface area (Å²) in [5.41, 5.74) is 4.22. The molecule has 1 amide bonds. The number of hydrogen-bond acceptors (Lipinski definition) is 6. The second kappa shape index (κ2) is 8.78. The first-order chi connectivity index (χ1) is 16.2. The van der Waals surface area contributed by atoms with E-state index in [0.29, 0.717) is 43.8 Å². The molecule has 5 rings (SSSR count). The molecule has 2 aromatic heterocycles. The van der Waals surface area contributed by atoms with E-state index in [1.54, 1.807) is 6.20 Å². The zero-order valence-corrected chi connectivity index (χ0v) is 20.8. The van der Waals surface area contributed by atoms with Gasteiger partial charge in [0, 0.05) is 43.8 Å². The van der Waals surface area contributed by atoms with E-state index in [4.69, 9.17) is 4.98 Å². The fourth-order valence-corrected chi connectivity index (χ4v) is 6.73. The molecule has 4 heterocycles. The highest BCUT2D eigenvalue weighted by Gasteiger charge is 2.35. The lowest BCUT2D eigenvalue weighted by atomic mass is 10.0. The van der Waals surface area contributed by atoms with Crippen LogP contribution in [0.4, 0.5) is 0 Å². The van der Waals surface area contributed by atoms with Gasteiger partial charge in [0.05, 0.1) is 34.3 Å². The van der Waals surface area contributed by atoms with Crippen LogP contribution in [0.2, 0.25) is 0 Å². The Bertz CT molecular complexity index is 1320. The predicted octanol–water partition coefficient (Wildman–Crippen LogP) is 2.93. The van der Waals surface area contributed by atoms with Crippen LogP contribution in [0.25, 0.3) is 22.3 Å². The number of aryl methyl sites for hydroxylation is 1. The molecule has 180 valence electrons. The third-order valence-corrected chi connectivity index (χ3v) is 8.71. The number of aromatic nitrogens is 3. The number of piperazine rings is 1. The van der Waals surface area contributed by atoms with Crippen molar-refractivity contribution < 1.29 is 13.2 Å². The SMILES string of the molecule is Cc1ccc(-c2cc(C(=O)N3CCN(C4CCS(=O)(=O)C4)CC3)c3cnn(C(C)C)c3n2)cc1. The van der Waals surface area contributed by atoms with Crippen LogP contribution in [0.15, 0.2) is 36.5 Å². The Hall–Kier alpha value is -2.78. The zero-order valence-electron chi connectivity index (χ0n) is 19.9. The van der Waals surface area contributed by atoms with Crippen molar-refractivity contribution in [3.63, 3.8) is 0 Å². The number of amides is 1. The number of hydrogen-bond donors (Lipinski definition) is 0. The number of nitrogens with zero attached hydrogens (tertiary/aromatic N) is 5. The van der Waals surface area contributed by atoms with E-state index in [9.17, 15) is 13.2 Å². The Kier molecular flexibility index (Phi) is 5.93. The van der Waals surface area contributed by atoms with Gasteiger partial charge in [0.1, 0.15) is 0 Å². The summed E-state index contributed by atoms with van der Waals surface area (Å²) in [5.74, 6) is 0.482. The predicted molar refractivity (Wildman–Crippen MR) is 133 cm³/mol. The summed E-state index contributed by atoms with van der Waals surface area (Å²) >= 11 is 0.